The van der Waals surface area contributed by atoms with Crippen molar-refractivity contribution in [3.8, 4) is 0 Å². The Labute approximate surface area is 109 Å². The van der Waals surface area contributed by atoms with Crippen molar-refractivity contribution in [2.45, 2.75) is 6.54 Å². The van der Waals surface area contributed by atoms with Gasteiger partial charge in [-0.2, -0.15) is 4.57 Å². The smallest absolute Gasteiger partial charge is 0.227 e. The molecule has 0 amide bonds. The molecule has 0 atom stereocenters. The number of pyridine rings is 1. The number of ketones is 1. The van der Waals surface area contributed by atoms with Crippen molar-refractivity contribution in [3.63, 3.8) is 0 Å². The van der Waals surface area contributed by atoms with Gasteiger partial charge in [0.15, 0.2) is 12.0 Å². The summed E-state index contributed by atoms with van der Waals surface area (Å²) in [6.45, 7) is 0.155. The standard InChI is InChI=1S/C13H11FNO.BrH/c14-12-7-4-8-15(9-12)10-13(16)11-5-2-1-3-6-11;/h1-9H,10H2;1H/q+1;/p-1. The molecule has 0 saturated carbocycles. The number of hydrogen-bond donors (Lipinski definition) is 0. The van der Waals surface area contributed by atoms with E-state index in [9.17, 15) is 9.18 Å². The molecule has 0 unspecified atom stereocenters. The molecule has 0 bridgehead atoms. The maximum atomic E-state index is 12.9. The zero-order chi connectivity index (χ0) is 11.4. The van der Waals surface area contributed by atoms with Crippen molar-refractivity contribution < 1.29 is 30.7 Å². The molecular formula is C13H11BrFNO. The molecule has 0 aliphatic carbocycles. The van der Waals surface area contributed by atoms with Gasteiger partial charge in [0.2, 0.25) is 18.5 Å². The average molecular weight is 296 g/mol. The summed E-state index contributed by atoms with van der Waals surface area (Å²) in [6, 6.07) is 11.9. The molecule has 1 aromatic carbocycles. The van der Waals surface area contributed by atoms with Crippen molar-refractivity contribution >= 4 is 5.78 Å². The van der Waals surface area contributed by atoms with E-state index in [1.807, 2.05) is 18.2 Å². The van der Waals surface area contributed by atoms with Gasteiger partial charge in [-0.15, -0.1) is 0 Å². The number of Topliss-reactive ketones (excluding diaryl/α,β-unsaturated/α-hetero) is 1. The van der Waals surface area contributed by atoms with Gasteiger partial charge in [-0.1, -0.05) is 30.3 Å². The van der Waals surface area contributed by atoms with Crippen molar-refractivity contribution in [1.82, 2.24) is 0 Å². The van der Waals surface area contributed by atoms with E-state index in [1.165, 1.54) is 16.8 Å². The largest absolute Gasteiger partial charge is 1.00 e. The lowest BCUT2D eigenvalue weighted by Crippen LogP contribution is -3.00. The third-order valence-corrected chi connectivity index (χ3v) is 2.24. The van der Waals surface area contributed by atoms with Gasteiger partial charge in [-0.05, 0) is 6.07 Å². The summed E-state index contributed by atoms with van der Waals surface area (Å²) >= 11 is 0. The van der Waals surface area contributed by atoms with E-state index < -0.39 is 0 Å². The van der Waals surface area contributed by atoms with Gasteiger partial charge in [-0.3, -0.25) is 4.79 Å². The lowest BCUT2D eigenvalue weighted by molar-refractivity contribution is -0.684. The minimum atomic E-state index is -0.344. The fourth-order valence-corrected chi connectivity index (χ4v) is 1.47. The highest BCUT2D eigenvalue weighted by atomic mass is 79.9. The topological polar surface area (TPSA) is 20.9 Å². The molecule has 0 radical (unpaired) electrons. The van der Waals surface area contributed by atoms with Crippen LogP contribution in [0.2, 0.25) is 0 Å². The van der Waals surface area contributed by atoms with Crippen molar-refractivity contribution in [3.05, 3.63) is 66.2 Å². The minimum absolute atomic E-state index is 0. The van der Waals surface area contributed by atoms with Crippen LogP contribution < -0.4 is 21.5 Å². The average Bonchev–Trinajstić information content (AvgIpc) is 2.30. The number of carbonyl (C=O) groups excluding carboxylic acids is 1. The molecule has 1 heterocycles. The van der Waals surface area contributed by atoms with Gasteiger partial charge in [0.05, 0.1) is 0 Å². The molecule has 0 saturated heterocycles. The molecule has 2 nitrogen and oxygen atoms in total. The Morgan fingerprint density at radius 3 is 2.47 bits per heavy atom. The Kier molecular flexibility index (Phi) is 4.97. The van der Waals surface area contributed by atoms with E-state index in [1.54, 1.807) is 24.4 Å². The zero-order valence-electron chi connectivity index (χ0n) is 9.01. The number of aromatic nitrogens is 1. The van der Waals surface area contributed by atoms with Crippen LogP contribution in [0.4, 0.5) is 4.39 Å². The Balaban J connectivity index is 0.00000144. The first-order valence-electron chi connectivity index (χ1n) is 4.98. The van der Waals surface area contributed by atoms with Gasteiger partial charge in [0, 0.05) is 11.6 Å². The van der Waals surface area contributed by atoms with Crippen LogP contribution in [-0.4, -0.2) is 5.78 Å². The van der Waals surface area contributed by atoms with Crippen molar-refractivity contribution in [1.29, 1.82) is 0 Å². The van der Waals surface area contributed by atoms with Gasteiger partial charge < -0.3 is 17.0 Å². The summed E-state index contributed by atoms with van der Waals surface area (Å²) in [4.78, 5) is 11.8. The lowest BCUT2D eigenvalue weighted by atomic mass is 10.1. The number of benzene rings is 1. The number of rotatable bonds is 3. The number of nitrogens with zero attached hydrogens (tertiary/aromatic N) is 1. The first kappa shape index (κ1) is 13.5. The van der Waals surface area contributed by atoms with Gasteiger partial charge >= 0.3 is 0 Å². The van der Waals surface area contributed by atoms with Gasteiger partial charge in [0.1, 0.15) is 0 Å². The van der Waals surface area contributed by atoms with E-state index in [-0.39, 0.29) is 35.1 Å². The van der Waals surface area contributed by atoms with E-state index in [0.29, 0.717) is 5.56 Å². The van der Waals surface area contributed by atoms with Crippen LogP contribution in [0.1, 0.15) is 10.4 Å². The molecule has 17 heavy (non-hydrogen) atoms. The fourth-order valence-electron chi connectivity index (χ4n) is 1.47. The van der Waals surface area contributed by atoms with E-state index in [0.717, 1.165) is 0 Å². The summed E-state index contributed by atoms with van der Waals surface area (Å²) in [5.41, 5.74) is 0.638. The summed E-state index contributed by atoms with van der Waals surface area (Å²) in [5, 5.41) is 0. The van der Waals surface area contributed by atoms with Crippen LogP contribution in [0.25, 0.3) is 0 Å². The maximum absolute atomic E-state index is 12.9. The van der Waals surface area contributed by atoms with E-state index in [4.69, 9.17) is 0 Å². The first-order chi connectivity index (χ1) is 7.75. The molecule has 0 fully saturated rings. The summed E-state index contributed by atoms with van der Waals surface area (Å²) < 4.78 is 14.4. The van der Waals surface area contributed by atoms with Crippen LogP contribution in [0.3, 0.4) is 0 Å². The van der Waals surface area contributed by atoms with E-state index >= 15 is 0 Å². The first-order valence-corrected chi connectivity index (χ1v) is 4.98. The van der Waals surface area contributed by atoms with Crippen LogP contribution in [0.15, 0.2) is 54.9 Å². The number of carbonyl (C=O) groups is 1. The summed E-state index contributed by atoms with van der Waals surface area (Å²) in [5.74, 6) is -0.375. The Morgan fingerprint density at radius 1 is 1.12 bits per heavy atom. The number of hydrogen-bond acceptors (Lipinski definition) is 1. The predicted molar refractivity (Wildman–Crippen MR) is 57.4 cm³/mol. The number of halogens is 2. The second kappa shape index (κ2) is 6.25. The van der Waals surface area contributed by atoms with E-state index in [2.05, 4.69) is 0 Å². The van der Waals surface area contributed by atoms with Crippen LogP contribution >= 0.6 is 0 Å². The lowest BCUT2D eigenvalue weighted by Gasteiger charge is -1.97. The second-order valence-corrected chi connectivity index (χ2v) is 3.48. The Hall–Kier alpha value is -1.55. The van der Waals surface area contributed by atoms with Crippen LogP contribution in [0, 0.1) is 5.82 Å². The zero-order valence-corrected chi connectivity index (χ0v) is 10.6. The molecule has 1 aromatic heterocycles. The Morgan fingerprint density at radius 2 is 1.82 bits per heavy atom. The van der Waals surface area contributed by atoms with Crippen LogP contribution in [-0.2, 0) is 6.54 Å². The molecule has 0 aliphatic rings. The molecule has 0 spiro atoms. The van der Waals surface area contributed by atoms with Gasteiger partial charge in [-0.25, -0.2) is 4.39 Å². The van der Waals surface area contributed by atoms with Crippen molar-refractivity contribution in [2.24, 2.45) is 0 Å². The molecule has 4 heteroatoms. The molecule has 2 rings (SSSR count). The summed E-state index contributed by atoms with van der Waals surface area (Å²) in [6.07, 6.45) is 2.98. The molecule has 0 aliphatic heterocycles. The Bertz CT molecular complexity index is 502. The van der Waals surface area contributed by atoms with Crippen molar-refractivity contribution in [2.75, 3.05) is 0 Å². The maximum Gasteiger partial charge on any atom is 0.227 e. The monoisotopic (exact) mass is 295 g/mol. The van der Waals surface area contributed by atoms with Crippen LogP contribution in [0.5, 0.6) is 0 Å². The third kappa shape index (κ3) is 3.75. The molecule has 2 aromatic rings. The minimum Gasteiger partial charge on any atom is -1.00 e. The molecular weight excluding hydrogens is 285 g/mol. The molecule has 0 N–H and O–H groups in total. The normalized spacial score (nSPS) is 9.47. The molecule has 88 valence electrons. The SMILES string of the molecule is O=C(C[n+]1cccc(F)c1)c1ccccc1.[Br-]. The highest BCUT2D eigenvalue weighted by Crippen LogP contribution is 2.00. The second-order valence-electron chi connectivity index (χ2n) is 3.48. The predicted octanol–water partition coefficient (Wildman–Crippen LogP) is -1.000. The highest BCUT2D eigenvalue weighted by molar-refractivity contribution is 5.94. The quantitative estimate of drug-likeness (QED) is 0.526. The fraction of sp³-hybridized carbons (Fsp3) is 0.0769. The van der Waals surface area contributed by atoms with Gasteiger partial charge in [0.25, 0.3) is 0 Å². The summed E-state index contributed by atoms with van der Waals surface area (Å²) in [7, 11) is 0. The highest BCUT2D eigenvalue weighted by Gasteiger charge is 2.11. The third-order valence-electron chi connectivity index (χ3n) is 2.24.